The Balaban J connectivity index is 2.09. The number of rotatable bonds is 8. The summed E-state index contributed by atoms with van der Waals surface area (Å²) in [5.41, 5.74) is 1.13. The number of anilines is 1. The first kappa shape index (κ1) is 19.7. The summed E-state index contributed by atoms with van der Waals surface area (Å²) in [5.74, 6) is -0.863. The normalized spacial score (nSPS) is 14.7. The fourth-order valence-electron chi connectivity index (χ4n) is 3.29. The van der Waals surface area contributed by atoms with Gasteiger partial charge in [0.1, 0.15) is 6.04 Å². The van der Waals surface area contributed by atoms with E-state index < -0.39 is 22.0 Å². The lowest BCUT2D eigenvalue weighted by molar-refractivity contribution is -0.139. The summed E-state index contributed by atoms with van der Waals surface area (Å²) in [6.45, 7) is 2.33. The lowest BCUT2D eigenvalue weighted by atomic mass is 10.1. The van der Waals surface area contributed by atoms with Gasteiger partial charge < -0.3 is 10.0 Å². The Bertz CT molecular complexity index is 1020. The number of benzene rings is 2. The van der Waals surface area contributed by atoms with E-state index in [2.05, 4.69) is 4.72 Å². The highest BCUT2D eigenvalue weighted by Gasteiger charge is 2.32. The molecule has 144 valence electrons. The lowest BCUT2D eigenvalue weighted by Crippen LogP contribution is -2.41. The minimum atomic E-state index is -4.08. The molecule has 0 saturated carbocycles. The van der Waals surface area contributed by atoms with Gasteiger partial charge in [0, 0.05) is 22.9 Å². The number of carbonyl (C=O) groups is 2. The molecular formula is C18H20N2O5S2. The first-order valence-corrected chi connectivity index (χ1v) is 11.3. The predicted molar refractivity (Wildman–Crippen MR) is 106 cm³/mol. The van der Waals surface area contributed by atoms with Crippen LogP contribution in [0.3, 0.4) is 0 Å². The molecule has 2 N–H and O–H groups in total. The first-order valence-electron chi connectivity index (χ1n) is 8.43. The molecule has 1 heterocycles. The standard InChI is InChI=1S/C18H20N2O5S2/c1-3-20-14-7-8-15(11-5-4-6-12(16(11)14)17(20)21)27(24,25)19-13(18(22)23)9-10-26-2/h4-8,13,19H,3,9-10H2,1-2H3,(H,22,23)/t13-/m0/s1. The molecule has 0 spiro atoms. The number of amides is 1. The number of carboxylic acids is 1. The van der Waals surface area contributed by atoms with Crippen LogP contribution in [0.5, 0.6) is 0 Å². The van der Waals surface area contributed by atoms with Gasteiger partial charge in [0.15, 0.2) is 0 Å². The second kappa shape index (κ2) is 7.49. The Labute approximate surface area is 161 Å². The molecule has 0 fully saturated rings. The summed E-state index contributed by atoms with van der Waals surface area (Å²) < 4.78 is 28.1. The molecule has 1 aliphatic rings. The number of aliphatic carboxylic acids is 1. The maximum Gasteiger partial charge on any atom is 0.321 e. The van der Waals surface area contributed by atoms with E-state index in [1.807, 2.05) is 13.2 Å². The van der Waals surface area contributed by atoms with Crippen molar-refractivity contribution in [3.8, 4) is 0 Å². The first-order chi connectivity index (χ1) is 12.8. The van der Waals surface area contributed by atoms with Gasteiger partial charge in [-0.3, -0.25) is 9.59 Å². The molecule has 1 amide bonds. The second-order valence-electron chi connectivity index (χ2n) is 6.15. The zero-order valence-electron chi connectivity index (χ0n) is 14.9. The van der Waals surface area contributed by atoms with Gasteiger partial charge in [-0.25, -0.2) is 8.42 Å². The Kier molecular flexibility index (Phi) is 5.45. The third kappa shape index (κ3) is 3.42. The van der Waals surface area contributed by atoms with Crippen LogP contribution in [0.1, 0.15) is 23.7 Å². The molecule has 27 heavy (non-hydrogen) atoms. The maximum atomic E-state index is 12.9. The van der Waals surface area contributed by atoms with Crippen LogP contribution in [0.25, 0.3) is 10.8 Å². The van der Waals surface area contributed by atoms with Crippen LogP contribution in [0.15, 0.2) is 35.2 Å². The molecular weight excluding hydrogens is 388 g/mol. The van der Waals surface area contributed by atoms with E-state index in [-0.39, 0.29) is 17.2 Å². The number of hydrogen-bond donors (Lipinski definition) is 2. The number of sulfonamides is 1. The summed E-state index contributed by atoms with van der Waals surface area (Å²) in [7, 11) is -4.08. The number of carbonyl (C=O) groups excluding carboxylic acids is 1. The van der Waals surface area contributed by atoms with E-state index in [0.29, 0.717) is 34.3 Å². The van der Waals surface area contributed by atoms with Crippen LogP contribution >= 0.6 is 11.8 Å². The van der Waals surface area contributed by atoms with Crippen LogP contribution < -0.4 is 9.62 Å². The summed E-state index contributed by atoms with van der Waals surface area (Å²) in [5, 5.41) is 10.3. The molecule has 2 aromatic rings. The fraction of sp³-hybridized carbons (Fsp3) is 0.333. The molecule has 0 unspecified atom stereocenters. The largest absolute Gasteiger partial charge is 0.480 e. The zero-order valence-corrected chi connectivity index (χ0v) is 16.6. The minimum absolute atomic E-state index is 0.0238. The van der Waals surface area contributed by atoms with E-state index in [1.165, 1.54) is 17.8 Å². The molecule has 0 bridgehead atoms. The van der Waals surface area contributed by atoms with Crippen molar-refractivity contribution in [2.24, 2.45) is 0 Å². The molecule has 1 aliphatic heterocycles. The lowest BCUT2D eigenvalue weighted by Gasteiger charge is -2.17. The van der Waals surface area contributed by atoms with E-state index in [0.717, 1.165) is 0 Å². The Hall–Kier alpha value is -2.10. The van der Waals surface area contributed by atoms with Crippen molar-refractivity contribution in [3.05, 3.63) is 35.9 Å². The minimum Gasteiger partial charge on any atom is -0.480 e. The quantitative estimate of drug-likeness (QED) is 0.695. The van der Waals surface area contributed by atoms with Crippen molar-refractivity contribution >= 4 is 50.1 Å². The Morgan fingerprint density at radius 2 is 2.04 bits per heavy atom. The summed E-state index contributed by atoms with van der Waals surface area (Å²) in [4.78, 5) is 25.5. The third-order valence-electron chi connectivity index (χ3n) is 4.56. The molecule has 0 aromatic heterocycles. The maximum absolute atomic E-state index is 12.9. The molecule has 0 aliphatic carbocycles. The average molecular weight is 409 g/mol. The predicted octanol–water partition coefficient (Wildman–Crippen LogP) is 2.30. The summed E-state index contributed by atoms with van der Waals surface area (Å²) in [6, 6.07) is 6.78. The van der Waals surface area contributed by atoms with Crippen molar-refractivity contribution in [2.75, 3.05) is 23.5 Å². The number of carboxylic acid groups (broad SMARTS) is 1. The monoisotopic (exact) mass is 408 g/mol. The van der Waals surface area contributed by atoms with Crippen LogP contribution in [0, 0.1) is 0 Å². The second-order valence-corrected chi connectivity index (χ2v) is 8.82. The van der Waals surface area contributed by atoms with Gasteiger partial charge >= 0.3 is 5.97 Å². The highest BCUT2D eigenvalue weighted by molar-refractivity contribution is 7.98. The molecule has 0 saturated heterocycles. The van der Waals surface area contributed by atoms with Gasteiger partial charge in [0.2, 0.25) is 10.0 Å². The Morgan fingerprint density at radius 1 is 1.30 bits per heavy atom. The van der Waals surface area contributed by atoms with E-state index in [4.69, 9.17) is 0 Å². The van der Waals surface area contributed by atoms with Gasteiger partial charge in [-0.05, 0) is 43.6 Å². The smallest absolute Gasteiger partial charge is 0.321 e. The number of hydrogen-bond acceptors (Lipinski definition) is 5. The molecule has 1 atom stereocenters. The van der Waals surface area contributed by atoms with Crippen molar-refractivity contribution in [2.45, 2.75) is 24.3 Å². The highest BCUT2D eigenvalue weighted by atomic mass is 32.2. The Morgan fingerprint density at radius 3 is 2.67 bits per heavy atom. The topological polar surface area (TPSA) is 104 Å². The molecule has 0 radical (unpaired) electrons. The van der Waals surface area contributed by atoms with E-state index in [9.17, 15) is 23.1 Å². The summed E-state index contributed by atoms with van der Waals surface area (Å²) >= 11 is 1.45. The highest BCUT2D eigenvalue weighted by Crippen LogP contribution is 2.39. The van der Waals surface area contributed by atoms with Gasteiger partial charge in [0.25, 0.3) is 5.91 Å². The van der Waals surface area contributed by atoms with E-state index >= 15 is 0 Å². The van der Waals surface area contributed by atoms with Crippen LogP contribution in [0.4, 0.5) is 5.69 Å². The van der Waals surface area contributed by atoms with Crippen molar-refractivity contribution in [1.82, 2.24) is 4.72 Å². The van der Waals surface area contributed by atoms with Crippen molar-refractivity contribution < 1.29 is 23.1 Å². The third-order valence-corrected chi connectivity index (χ3v) is 6.73. The number of nitrogens with one attached hydrogen (secondary N) is 1. The molecule has 7 nitrogen and oxygen atoms in total. The van der Waals surface area contributed by atoms with Gasteiger partial charge in [-0.1, -0.05) is 12.1 Å². The molecule has 2 aromatic carbocycles. The van der Waals surface area contributed by atoms with Gasteiger partial charge in [-0.2, -0.15) is 16.5 Å². The van der Waals surface area contributed by atoms with Crippen LogP contribution in [-0.2, 0) is 14.8 Å². The van der Waals surface area contributed by atoms with Crippen LogP contribution in [0.2, 0.25) is 0 Å². The fourth-order valence-corrected chi connectivity index (χ4v) is 5.19. The van der Waals surface area contributed by atoms with Gasteiger partial charge in [-0.15, -0.1) is 0 Å². The van der Waals surface area contributed by atoms with Crippen LogP contribution in [-0.4, -0.2) is 50.0 Å². The molecule has 9 heteroatoms. The number of nitrogens with zero attached hydrogens (tertiary/aromatic N) is 1. The number of thioether (sulfide) groups is 1. The SMILES string of the molecule is CCN1C(=O)c2cccc3c(S(=O)(=O)N[C@@H](CCSC)C(=O)O)ccc1c23. The zero-order chi connectivity index (χ0) is 19.8. The summed E-state index contributed by atoms with van der Waals surface area (Å²) in [6.07, 6.45) is 2.01. The van der Waals surface area contributed by atoms with Crippen molar-refractivity contribution in [1.29, 1.82) is 0 Å². The average Bonchev–Trinajstić information content (AvgIpc) is 2.91. The van der Waals surface area contributed by atoms with Crippen molar-refractivity contribution in [3.63, 3.8) is 0 Å². The van der Waals surface area contributed by atoms with Gasteiger partial charge in [0.05, 0.1) is 10.6 Å². The molecule has 3 rings (SSSR count). The van der Waals surface area contributed by atoms with E-state index in [1.54, 1.807) is 29.2 Å².